The molecular formula is C23H26N4O5S. The van der Waals surface area contributed by atoms with E-state index < -0.39 is 15.9 Å². The number of carbonyl (C=O) groups is 3. The molecule has 2 aromatic rings. The Morgan fingerprint density at radius 3 is 2.18 bits per heavy atom. The van der Waals surface area contributed by atoms with E-state index in [0.717, 1.165) is 11.4 Å². The van der Waals surface area contributed by atoms with Crippen molar-refractivity contribution in [2.45, 2.75) is 24.7 Å². The zero-order valence-corrected chi connectivity index (χ0v) is 19.2. The van der Waals surface area contributed by atoms with Crippen molar-refractivity contribution in [1.29, 1.82) is 0 Å². The quantitative estimate of drug-likeness (QED) is 0.647. The van der Waals surface area contributed by atoms with Gasteiger partial charge in [-0.3, -0.25) is 19.3 Å². The summed E-state index contributed by atoms with van der Waals surface area (Å²) in [6.45, 7) is 5.27. The molecule has 2 aliphatic rings. The first-order valence-corrected chi connectivity index (χ1v) is 12.3. The first kappa shape index (κ1) is 23.1. The molecule has 2 heterocycles. The van der Waals surface area contributed by atoms with E-state index >= 15 is 0 Å². The molecule has 2 fully saturated rings. The molecule has 9 nitrogen and oxygen atoms in total. The molecule has 0 aromatic heterocycles. The predicted octanol–water partition coefficient (Wildman–Crippen LogP) is 1.92. The Labute approximate surface area is 193 Å². The van der Waals surface area contributed by atoms with Gasteiger partial charge < -0.3 is 10.2 Å². The molecule has 10 heteroatoms. The molecule has 0 radical (unpaired) electrons. The summed E-state index contributed by atoms with van der Waals surface area (Å²) in [6, 6.07) is 12.3. The fourth-order valence-electron chi connectivity index (χ4n) is 4.00. The van der Waals surface area contributed by atoms with Gasteiger partial charge in [-0.15, -0.1) is 0 Å². The Balaban J connectivity index is 1.44. The number of anilines is 2. The van der Waals surface area contributed by atoms with Crippen LogP contribution < -0.4 is 10.2 Å². The molecule has 4 rings (SSSR count). The normalized spacial score (nSPS) is 18.0. The fourth-order valence-corrected chi connectivity index (χ4v) is 5.42. The lowest BCUT2D eigenvalue weighted by molar-refractivity contribution is -0.121. The number of hydrogen-bond acceptors (Lipinski definition) is 6. The largest absolute Gasteiger partial charge is 0.322 e. The number of rotatable bonds is 6. The van der Waals surface area contributed by atoms with Crippen LogP contribution in [0.3, 0.4) is 0 Å². The maximum Gasteiger partial charge on any atom is 0.255 e. The standard InChI is InChI=1S/C23H26N4O5S/c1-2-25-12-14-26(15-13-25)33(31,32)20-8-6-18(7-9-20)24-23(30)17-4-3-5-19(16-17)27-21(28)10-11-22(27)29/h3-9,16H,2,10-15H2,1H3,(H,24,30). The highest BCUT2D eigenvalue weighted by atomic mass is 32.2. The number of sulfonamides is 1. The number of likely N-dealkylation sites (N-methyl/N-ethyl adjacent to an activating group) is 1. The Morgan fingerprint density at radius 1 is 0.939 bits per heavy atom. The average Bonchev–Trinajstić information content (AvgIpc) is 3.17. The van der Waals surface area contributed by atoms with Crippen molar-refractivity contribution >= 4 is 39.1 Å². The monoisotopic (exact) mass is 470 g/mol. The van der Waals surface area contributed by atoms with E-state index in [0.29, 0.717) is 37.6 Å². The van der Waals surface area contributed by atoms with Crippen molar-refractivity contribution in [3.8, 4) is 0 Å². The summed E-state index contributed by atoms with van der Waals surface area (Å²) >= 11 is 0. The summed E-state index contributed by atoms with van der Waals surface area (Å²) in [4.78, 5) is 40.1. The maximum atomic E-state index is 12.9. The first-order valence-electron chi connectivity index (χ1n) is 10.9. The summed E-state index contributed by atoms with van der Waals surface area (Å²) < 4.78 is 27.3. The Morgan fingerprint density at radius 2 is 1.58 bits per heavy atom. The van der Waals surface area contributed by atoms with Crippen molar-refractivity contribution in [3.63, 3.8) is 0 Å². The van der Waals surface area contributed by atoms with Crippen molar-refractivity contribution in [1.82, 2.24) is 9.21 Å². The Bertz CT molecular complexity index is 1160. The van der Waals surface area contributed by atoms with Crippen LogP contribution in [0.2, 0.25) is 0 Å². The highest BCUT2D eigenvalue weighted by Crippen LogP contribution is 2.24. The molecule has 0 spiro atoms. The van der Waals surface area contributed by atoms with Crippen LogP contribution in [-0.2, 0) is 19.6 Å². The van der Waals surface area contributed by atoms with Crippen molar-refractivity contribution in [2.75, 3.05) is 42.9 Å². The highest BCUT2D eigenvalue weighted by Gasteiger charge is 2.31. The summed E-state index contributed by atoms with van der Waals surface area (Å²) in [5.41, 5.74) is 1.08. The molecule has 0 saturated carbocycles. The number of carbonyl (C=O) groups excluding carboxylic acids is 3. The summed E-state index contributed by atoms with van der Waals surface area (Å²) in [7, 11) is -3.59. The lowest BCUT2D eigenvalue weighted by Crippen LogP contribution is -2.48. The van der Waals surface area contributed by atoms with Crippen molar-refractivity contribution in [3.05, 3.63) is 54.1 Å². The average molecular weight is 471 g/mol. The second-order valence-electron chi connectivity index (χ2n) is 7.99. The van der Waals surface area contributed by atoms with Crippen LogP contribution in [0, 0.1) is 0 Å². The third kappa shape index (κ3) is 4.82. The van der Waals surface area contributed by atoms with Gasteiger partial charge in [0.2, 0.25) is 21.8 Å². The zero-order valence-electron chi connectivity index (χ0n) is 18.4. The Hall–Kier alpha value is -3.08. The number of nitrogens with one attached hydrogen (secondary N) is 1. The SMILES string of the molecule is CCN1CCN(S(=O)(=O)c2ccc(NC(=O)c3cccc(N4C(=O)CCC4=O)c3)cc2)CC1. The van der Waals surface area contributed by atoms with Gasteiger partial charge in [-0.2, -0.15) is 4.31 Å². The highest BCUT2D eigenvalue weighted by molar-refractivity contribution is 7.89. The van der Waals surface area contributed by atoms with Gasteiger partial charge in [0.25, 0.3) is 5.91 Å². The second-order valence-corrected chi connectivity index (χ2v) is 9.93. The molecule has 0 atom stereocenters. The first-order chi connectivity index (χ1) is 15.8. The van der Waals surface area contributed by atoms with E-state index in [4.69, 9.17) is 0 Å². The molecule has 33 heavy (non-hydrogen) atoms. The molecule has 0 unspecified atom stereocenters. The van der Waals surface area contributed by atoms with Gasteiger partial charge in [0.1, 0.15) is 0 Å². The van der Waals surface area contributed by atoms with E-state index in [2.05, 4.69) is 17.1 Å². The van der Waals surface area contributed by atoms with E-state index in [1.54, 1.807) is 30.3 Å². The van der Waals surface area contributed by atoms with Gasteiger partial charge in [-0.1, -0.05) is 13.0 Å². The van der Waals surface area contributed by atoms with Gasteiger partial charge in [-0.05, 0) is 49.0 Å². The molecule has 2 aliphatic heterocycles. The zero-order chi connectivity index (χ0) is 23.6. The van der Waals surface area contributed by atoms with Gasteiger partial charge in [-0.25, -0.2) is 8.42 Å². The van der Waals surface area contributed by atoms with E-state index in [1.807, 2.05) is 0 Å². The van der Waals surface area contributed by atoms with Crippen LogP contribution in [0.1, 0.15) is 30.1 Å². The van der Waals surface area contributed by atoms with Crippen LogP contribution in [0.5, 0.6) is 0 Å². The molecule has 0 aliphatic carbocycles. The minimum Gasteiger partial charge on any atom is -0.322 e. The predicted molar refractivity (Wildman–Crippen MR) is 123 cm³/mol. The lowest BCUT2D eigenvalue weighted by atomic mass is 10.1. The summed E-state index contributed by atoms with van der Waals surface area (Å²) in [6.07, 6.45) is 0.331. The third-order valence-electron chi connectivity index (χ3n) is 5.95. The minimum absolute atomic E-state index is 0.165. The molecule has 174 valence electrons. The maximum absolute atomic E-state index is 12.9. The fraction of sp³-hybridized carbons (Fsp3) is 0.348. The van der Waals surface area contributed by atoms with Crippen LogP contribution in [-0.4, -0.2) is 68.1 Å². The molecular weight excluding hydrogens is 444 g/mol. The summed E-state index contributed by atoms with van der Waals surface area (Å²) in [5, 5.41) is 2.73. The molecule has 0 bridgehead atoms. The van der Waals surface area contributed by atoms with Crippen molar-refractivity contribution in [2.24, 2.45) is 0 Å². The number of benzene rings is 2. The van der Waals surface area contributed by atoms with Gasteiger partial charge in [0.15, 0.2) is 0 Å². The molecule has 2 aromatic carbocycles. The Kier molecular flexibility index (Phi) is 6.59. The van der Waals surface area contributed by atoms with Gasteiger partial charge >= 0.3 is 0 Å². The smallest absolute Gasteiger partial charge is 0.255 e. The van der Waals surface area contributed by atoms with Gasteiger partial charge in [0, 0.05) is 50.3 Å². The van der Waals surface area contributed by atoms with Crippen molar-refractivity contribution < 1.29 is 22.8 Å². The van der Waals surface area contributed by atoms with Gasteiger partial charge in [0.05, 0.1) is 10.6 Å². The molecule has 1 N–H and O–H groups in total. The second kappa shape index (κ2) is 9.42. The molecule has 2 saturated heterocycles. The van der Waals surface area contributed by atoms with E-state index in [-0.39, 0.29) is 35.1 Å². The topological polar surface area (TPSA) is 107 Å². The van der Waals surface area contributed by atoms with E-state index in [1.165, 1.54) is 22.5 Å². The van der Waals surface area contributed by atoms with Crippen LogP contribution >= 0.6 is 0 Å². The van der Waals surface area contributed by atoms with Crippen LogP contribution in [0.25, 0.3) is 0 Å². The number of hydrogen-bond donors (Lipinski definition) is 1. The number of nitrogens with zero attached hydrogens (tertiary/aromatic N) is 3. The lowest BCUT2D eigenvalue weighted by Gasteiger charge is -2.33. The van der Waals surface area contributed by atoms with Crippen LogP contribution in [0.15, 0.2) is 53.4 Å². The number of amides is 3. The summed E-state index contributed by atoms with van der Waals surface area (Å²) in [5.74, 6) is -1.00. The minimum atomic E-state index is -3.59. The third-order valence-corrected chi connectivity index (χ3v) is 7.86. The van der Waals surface area contributed by atoms with E-state index in [9.17, 15) is 22.8 Å². The molecule has 3 amide bonds. The number of imide groups is 1. The van der Waals surface area contributed by atoms with Crippen LogP contribution in [0.4, 0.5) is 11.4 Å². The number of piperazine rings is 1.